The first-order chi connectivity index (χ1) is 16.9. The molecule has 35 heavy (non-hydrogen) atoms. The van der Waals surface area contributed by atoms with Crippen molar-refractivity contribution in [1.29, 1.82) is 0 Å². The molecule has 3 aromatic carbocycles. The fraction of sp³-hybridized carbons (Fsp3) is 0.179. The number of methoxy groups -OCH3 is 2. The number of amides is 1. The summed E-state index contributed by atoms with van der Waals surface area (Å²) in [6, 6.07) is 19.5. The van der Waals surface area contributed by atoms with Gasteiger partial charge in [-0.3, -0.25) is 14.5 Å². The Morgan fingerprint density at radius 3 is 2.03 bits per heavy atom. The zero-order valence-corrected chi connectivity index (χ0v) is 19.6. The first kappa shape index (κ1) is 23.8. The van der Waals surface area contributed by atoms with Crippen LogP contribution in [-0.4, -0.2) is 37.0 Å². The molecule has 1 fully saturated rings. The van der Waals surface area contributed by atoms with Gasteiger partial charge in [-0.15, -0.1) is 0 Å². The van der Waals surface area contributed by atoms with E-state index in [0.29, 0.717) is 28.1 Å². The van der Waals surface area contributed by atoms with Crippen molar-refractivity contribution in [2.24, 2.45) is 0 Å². The van der Waals surface area contributed by atoms with E-state index >= 15 is 0 Å². The normalized spacial score (nSPS) is 16.9. The van der Waals surface area contributed by atoms with Gasteiger partial charge in [0, 0.05) is 11.3 Å². The lowest BCUT2D eigenvalue weighted by Crippen LogP contribution is -2.29. The van der Waals surface area contributed by atoms with Crippen molar-refractivity contribution in [1.82, 2.24) is 0 Å². The predicted octanol–water partition coefficient (Wildman–Crippen LogP) is 4.67. The quantitative estimate of drug-likeness (QED) is 0.243. The molecular formula is C28H25NO6. The number of carbonyl (C=O) groups is 3. The van der Waals surface area contributed by atoms with Crippen LogP contribution in [0.25, 0.3) is 5.76 Å². The van der Waals surface area contributed by atoms with Crippen LogP contribution in [0.3, 0.4) is 0 Å². The lowest BCUT2D eigenvalue weighted by atomic mass is 9.94. The summed E-state index contributed by atoms with van der Waals surface area (Å²) < 4.78 is 9.92. The number of aliphatic hydroxyl groups is 1. The van der Waals surface area contributed by atoms with Gasteiger partial charge in [-0.05, 0) is 66.1 Å². The van der Waals surface area contributed by atoms with E-state index in [1.807, 2.05) is 31.2 Å². The molecule has 1 aliphatic rings. The highest BCUT2D eigenvalue weighted by Gasteiger charge is 2.47. The summed E-state index contributed by atoms with van der Waals surface area (Å²) in [7, 11) is 2.82. The van der Waals surface area contributed by atoms with E-state index in [9.17, 15) is 19.5 Å². The molecule has 0 aliphatic carbocycles. The Balaban J connectivity index is 1.87. The van der Waals surface area contributed by atoms with Crippen LogP contribution in [0.15, 0.2) is 78.4 Å². The molecule has 7 heteroatoms. The lowest BCUT2D eigenvalue weighted by molar-refractivity contribution is -0.132. The third-order valence-corrected chi connectivity index (χ3v) is 6.08. The van der Waals surface area contributed by atoms with Crippen LogP contribution in [0.4, 0.5) is 5.69 Å². The fourth-order valence-electron chi connectivity index (χ4n) is 4.13. The predicted molar refractivity (Wildman–Crippen MR) is 131 cm³/mol. The highest BCUT2D eigenvalue weighted by Crippen LogP contribution is 2.42. The molecular weight excluding hydrogens is 446 g/mol. The maximum atomic E-state index is 13.3. The maximum Gasteiger partial charge on any atom is 0.337 e. The lowest BCUT2D eigenvalue weighted by Gasteiger charge is -2.25. The van der Waals surface area contributed by atoms with Crippen LogP contribution in [0.2, 0.25) is 0 Å². The van der Waals surface area contributed by atoms with E-state index in [0.717, 1.165) is 12.0 Å². The Morgan fingerprint density at radius 1 is 0.886 bits per heavy atom. The van der Waals surface area contributed by atoms with Crippen molar-refractivity contribution < 1.29 is 29.0 Å². The molecule has 4 rings (SSSR count). The summed E-state index contributed by atoms with van der Waals surface area (Å²) in [5.41, 5.74) is 2.88. The topological polar surface area (TPSA) is 93.1 Å². The Labute approximate surface area is 203 Å². The van der Waals surface area contributed by atoms with Crippen molar-refractivity contribution in [3.05, 3.63) is 101 Å². The number of ether oxygens (including phenoxy) is 2. The number of anilines is 1. The second kappa shape index (κ2) is 9.85. The van der Waals surface area contributed by atoms with Crippen LogP contribution in [0.1, 0.15) is 40.0 Å². The maximum absolute atomic E-state index is 13.3. The highest BCUT2D eigenvalue weighted by atomic mass is 16.5. The zero-order valence-electron chi connectivity index (χ0n) is 19.6. The summed E-state index contributed by atoms with van der Waals surface area (Å²) in [5.74, 6) is -1.75. The van der Waals surface area contributed by atoms with E-state index < -0.39 is 23.7 Å². The van der Waals surface area contributed by atoms with E-state index in [4.69, 9.17) is 9.47 Å². The Morgan fingerprint density at radius 2 is 1.49 bits per heavy atom. The molecule has 3 aromatic rings. The van der Waals surface area contributed by atoms with Crippen LogP contribution < -0.4 is 9.64 Å². The van der Waals surface area contributed by atoms with Crippen molar-refractivity contribution in [3.63, 3.8) is 0 Å². The van der Waals surface area contributed by atoms with E-state index in [2.05, 4.69) is 0 Å². The van der Waals surface area contributed by atoms with Gasteiger partial charge >= 0.3 is 5.97 Å². The number of benzene rings is 3. The molecule has 1 heterocycles. The molecule has 1 amide bonds. The molecule has 0 bridgehead atoms. The van der Waals surface area contributed by atoms with Crippen molar-refractivity contribution in [2.75, 3.05) is 19.1 Å². The van der Waals surface area contributed by atoms with E-state index in [1.54, 1.807) is 36.4 Å². The summed E-state index contributed by atoms with van der Waals surface area (Å²) in [4.78, 5) is 39.7. The molecule has 0 radical (unpaired) electrons. The second-order valence-corrected chi connectivity index (χ2v) is 8.03. The zero-order chi connectivity index (χ0) is 25.1. The van der Waals surface area contributed by atoms with Gasteiger partial charge in [0.05, 0.1) is 31.4 Å². The molecule has 1 N–H and O–H groups in total. The molecule has 1 aliphatic heterocycles. The summed E-state index contributed by atoms with van der Waals surface area (Å²) in [6.45, 7) is 2.04. The number of rotatable bonds is 6. The van der Waals surface area contributed by atoms with Gasteiger partial charge in [0.1, 0.15) is 11.5 Å². The van der Waals surface area contributed by atoms with Crippen LogP contribution >= 0.6 is 0 Å². The first-order valence-corrected chi connectivity index (χ1v) is 11.1. The van der Waals surface area contributed by atoms with Gasteiger partial charge in [-0.25, -0.2) is 4.79 Å². The monoisotopic (exact) mass is 471 g/mol. The Kier molecular flexibility index (Phi) is 6.68. The van der Waals surface area contributed by atoms with Crippen LogP contribution in [0.5, 0.6) is 5.75 Å². The molecule has 178 valence electrons. The minimum atomic E-state index is -0.855. The number of esters is 1. The van der Waals surface area contributed by atoms with Crippen LogP contribution in [-0.2, 0) is 20.7 Å². The van der Waals surface area contributed by atoms with Crippen LogP contribution in [0, 0.1) is 0 Å². The molecule has 0 saturated carbocycles. The van der Waals surface area contributed by atoms with Gasteiger partial charge in [-0.2, -0.15) is 0 Å². The van der Waals surface area contributed by atoms with Gasteiger partial charge in [0.25, 0.3) is 11.7 Å². The number of hydrogen-bond donors (Lipinski definition) is 1. The minimum absolute atomic E-state index is 0.0125. The standard InChI is InChI=1S/C28H25NO6/c1-4-17-5-7-18(8-6-17)24-23(25(30)19-11-15-22(34-2)16-12-19)26(31)27(32)29(24)21-13-9-20(10-14-21)28(33)35-3/h5-16,24,30H,4H2,1-3H3/b25-23+. The average molecular weight is 472 g/mol. The number of aryl methyl sites for hydroxylation is 1. The number of nitrogens with zero attached hydrogens (tertiary/aromatic N) is 1. The Bertz CT molecular complexity index is 1290. The number of carbonyl (C=O) groups excluding carboxylic acids is 3. The van der Waals surface area contributed by atoms with Gasteiger partial charge in [0.2, 0.25) is 0 Å². The molecule has 1 atom stereocenters. The third-order valence-electron chi connectivity index (χ3n) is 6.08. The summed E-state index contributed by atoms with van der Waals surface area (Å²) >= 11 is 0. The largest absolute Gasteiger partial charge is 0.507 e. The molecule has 1 saturated heterocycles. The average Bonchev–Trinajstić information content (AvgIpc) is 3.18. The smallest absolute Gasteiger partial charge is 0.337 e. The van der Waals surface area contributed by atoms with E-state index in [-0.39, 0.29) is 11.3 Å². The highest BCUT2D eigenvalue weighted by molar-refractivity contribution is 6.51. The number of hydrogen-bond acceptors (Lipinski definition) is 6. The van der Waals surface area contributed by atoms with Gasteiger partial charge in [0.15, 0.2) is 0 Å². The van der Waals surface area contributed by atoms with Crippen molar-refractivity contribution >= 4 is 29.1 Å². The molecule has 0 aromatic heterocycles. The number of aliphatic hydroxyl groups excluding tert-OH is 1. The van der Waals surface area contributed by atoms with Gasteiger partial charge < -0.3 is 14.6 Å². The number of ketones is 1. The van der Waals surface area contributed by atoms with Crippen molar-refractivity contribution in [3.8, 4) is 5.75 Å². The van der Waals surface area contributed by atoms with E-state index in [1.165, 1.54) is 31.3 Å². The van der Waals surface area contributed by atoms with Crippen molar-refractivity contribution in [2.45, 2.75) is 19.4 Å². The molecule has 1 unspecified atom stereocenters. The second-order valence-electron chi connectivity index (χ2n) is 8.03. The minimum Gasteiger partial charge on any atom is -0.507 e. The Hall–Kier alpha value is -4.39. The fourth-order valence-corrected chi connectivity index (χ4v) is 4.13. The first-order valence-electron chi connectivity index (χ1n) is 11.1. The SMILES string of the molecule is CCc1ccc(C2/C(=C(\O)c3ccc(OC)cc3)C(=O)C(=O)N2c2ccc(C(=O)OC)cc2)cc1. The molecule has 0 spiro atoms. The number of Topliss-reactive ketones (excluding diaryl/α,β-unsaturated/α-hetero) is 1. The van der Waals surface area contributed by atoms with Gasteiger partial charge in [-0.1, -0.05) is 31.2 Å². The summed E-state index contributed by atoms with van der Waals surface area (Å²) in [5, 5.41) is 11.2. The molecule has 7 nitrogen and oxygen atoms in total. The third kappa shape index (κ3) is 4.40. The summed E-state index contributed by atoms with van der Waals surface area (Å²) in [6.07, 6.45) is 0.835.